The van der Waals surface area contributed by atoms with Crippen molar-refractivity contribution in [2.24, 2.45) is 0 Å². The predicted octanol–water partition coefficient (Wildman–Crippen LogP) is 3.56. The van der Waals surface area contributed by atoms with Gasteiger partial charge in [0.25, 0.3) is 0 Å². The first-order chi connectivity index (χ1) is 12.1. The Morgan fingerprint density at radius 3 is 2.96 bits per heavy atom. The number of rotatable bonds is 3. The second-order valence-electron chi connectivity index (χ2n) is 6.16. The van der Waals surface area contributed by atoms with E-state index in [9.17, 15) is 0 Å². The van der Waals surface area contributed by atoms with E-state index in [0.29, 0.717) is 12.6 Å². The average molecular weight is 421 g/mol. The first-order valence-corrected chi connectivity index (χ1v) is 10.1. The van der Waals surface area contributed by atoms with Gasteiger partial charge in [-0.25, -0.2) is 9.55 Å². The molecule has 0 amide bonds. The van der Waals surface area contributed by atoms with Gasteiger partial charge in [0.15, 0.2) is 5.69 Å². The predicted molar refractivity (Wildman–Crippen MR) is 102 cm³/mol. The summed E-state index contributed by atoms with van der Waals surface area (Å²) in [6.07, 6.45) is 6.10. The molecule has 0 unspecified atom stereocenters. The molecule has 8 heteroatoms. The maximum atomic E-state index is 5.88. The van der Waals surface area contributed by atoms with Crippen LogP contribution in [0, 0.1) is 0 Å². The molecule has 0 atom stereocenters. The van der Waals surface area contributed by atoms with Gasteiger partial charge in [-0.1, -0.05) is 20.0 Å². The molecule has 0 bridgehead atoms. The fourth-order valence-electron chi connectivity index (χ4n) is 2.94. The highest BCUT2D eigenvalue weighted by Gasteiger charge is 2.26. The van der Waals surface area contributed by atoms with Gasteiger partial charge in [-0.05, 0) is 32.0 Å². The number of halogens is 1. The fraction of sp³-hybridized carbons (Fsp3) is 0.353. The number of hydrogen-bond acceptors (Lipinski definition) is 4. The lowest BCUT2D eigenvalue weighted by atomic mass is 10.2. The minimum atomic E-state index is 0.309. The number of benzene rings is 1. The SMILES string of the molecule is CSn1c[n+](C(C)C)c(-c2cn3c(n2)-c2ccc(Br)cc2OCC3)n1. The second kappa shape index (κ2) is 6.49. The van der Waals surface area contributed by atoms with Crippen LogP contribution in [0.15, 0.2) is 35.2 Å². The molecule has 1 aliphatic heterocycles. The Morgan fingerprint density at radius 2 is 2.20 bits per heavy atom. The summed E-state index contributed by atoms with van der Waals surface area (Å²) in [6.45, 7) is 5.68. The lowest BCUT2D eigenvalue weighted by Gasteiger charge is -2.06. The van der Waals surface area contributed by atoms with Crippen LogP contribution in [0.3, 0.4) is 0 Å². The number of aromatic nitrogens is 5. The van der Waals surface area contributed by atoms with Gasteiger partial charge in [0, 0.05) is 16.9 Å². The second-order valence-corrected chi connectivity index (χ2v) is 7.81. The van der Waals surface area contributed by atoms with Crippen molar-refractivity contribution < 1.29 is 9.30 Å². The molecule has 0 N–H and O–H groups in total. The monoisotopic (exact) mass is 420 g/mol. The van der Waals surface area contributed by atoms with E-state index in [1.54, 1.807) is 11.9 Å². The fourth-order valence-corrected chi connectivity index (χ4v) is 3.64. The highest BCUT2D eigenvalue weighted by molar-refractivity contribution is 9.10. The van der Waals surface area contributed by atoms with Gasteiger partial charge < -0.3 is 9.30 Å². The summed E-state index contributed by atoms with van der Waals surface area (Å²) in [5, 5.41) is 4.69. The van der Waals surface area contributed by atoms with Gasteiger partial charge in [-0.15, -0.1) is 0 Å². The lowest BCUT2D eigenvalue weighted by Crippen LogP contribution is -2.36. The summed E-state index contributed by atoms with van der Waals surface area (Å²) >= 11 is 5.08. The number of fused-ring (bicyclic) bond motifs is 3. The van der Waals surface area contributed by atoms with E-state index in [4.69, 9.17) is 9.72 Å². The third-order valence-corrected chi connectivity index (χ3v) is 5.23. The van der Waals surface area contributed by atoms with Crippen molar-refractivity contribution in [3.63, 3.8) is 0 Å². The largest absolute Gasteiger partial charge is 0.491 e. The van der Waals surface area contributed by atoms with E-state index in [1.807, 2.05) is 34.9 Å². The quantitative estimate of drug-likeness (QED) is 0.607. The van der Waals surface area contributed by atoms with Crippen LogP contribution in [0.5, 0.6) is 5.75 Å². The summed E-state index contributed by atoms with van der Waals surface area (Å²) in [4.78, 5) is 4.90. The van der Waals surface area contributed by atoms with E-state index >= 15 is 0 Å². The summed E-state index contributed by atoms with van der Waals surface area (Å²) in [5.41, 5.74) is 1.89. The molecule has 130 valence electrons. The molecule has 0 saturated heterocycles. The Labute approximate surface area is 159 Å². The van der Waals surface area contributed by atoms with Gasteiger partial charge in [0.2, 0.25) is 6.33 Å². The molecule has 3 aromatic rings. The van der Waals surface area contributed by atoms with Crippen molar-refractivity contribution in [1.29, 1.82) is 0 Å². The third kappa shape index (κ3) is 2.97. The zero-order valence-electron chi connectivity index (χ0n) is 14.3. The smallest absolute Gasteiger partial charge is 0.330 e. The number of nitrogens with zero attached hydrogens (tertiary/aromatic N) is 5. The topological polar surface area (TPSA) is 48.8 Å². The van der Waals surface area contributed by atoms with Crippen molar-refractivity contribution >= 4 is 27.9 Å². The van der Waals surface area contributed by atoms with E-state index < -0.39 is 0 Å². The zero-order valence-corrected chi connectivity index (χ0v) is 16.7. The molecule has 1 aliphatic rings. The van der Waals surface area contributed by atoms with Crippen molar-refractivity contribution in [3.05, 3.63) is 35.2 Å². The van der Waals surface area contributed by atoms with E-state index in [-0.39, 0.29) is 0 Å². The Kier molecular flexibility index (Phi) is 4.33. The minimum absolute atomic E-state index is 0.309. The van der Waals surface area contributed by atoms with E-state index in [1.165, 1.54) is 0 Å². The van der Waals surface area contributed by atoms with Crippen LogP contribution in [-0.2, 0) is 6.54 Å². The average Bonchev–Trinajstić information content (AvgIpc) is 3.16. The normalized spacial score (nSPS) is 13.3. The van der Waals surface area contributed by atoms with Crippen LogP contribution in [0.2, 0.25) is 0 Å². The standard InChI is InChI=1S/C17H19BrN5OS/c1-11(2)22-10-23(25-3)20-17(22)14-9-21-6-7-24-15-8-12(18)4-5-13(15)16(21)19-14/h4-5,8-11H,6-7H2,1-3H3/q+1. The summed E-state index contributed by atoms with van der Waals surface area (Å²) in [7, 11) is 0. The Bertz CT molecular complexity index is 933. The van der Waals surface area contributed by atoms with E-state index in [0.717, 1.165) is 39.7 Å². The van der Waals surface area contributed by atoms with Gasteiger partial charge >= 0.3 is 5.82 Å². The van der Waals surface area contributed by atoms with Crippen LogP contribution < -0.4 is 9.30 Å². The Morgan fingerprint density at radius 1 is 1.36 bits per heavy atom. The van der Waals surface area contributed by atoms with Crippen LogP contribution in [0.25, 0.3) is 22.9 Å². The number of ether oxygens (including phenoxy) is 1. The minimum Gasteiger partial charge on any atom is -0.491 e. The molecule has 1 aromatic carbocycles. The summed E-state index contributed by atoms with van der Waals surface area (Å²) < 4.78 is 13.1. The third-order valence-electron chi connectivity index (χ3n) is 4.18. The molecule has 0 spiro atoms. The molecule has 6 nitrogen and oxygen atoms in total. The summed E-state index contributed by atoms with van der Waals surface area (Å²) in [6, 6.07) is 6.37. The van der Waals surface area contributed by atoms with Gasteiger partial charge in [0.1, 0.15) is 18.2 Å². The molecule has 3 heterocycles. The van der Waals surface area contributed by atoms with Crippen LogP contribution >= 0.6 is 27.9 Å². The molecule has 0 radical (unpaired) electrons. The Balaban J connectivity index is 1.86. The van der Waals surface area contributed by atoms with Crippen molar-refractivity contribution in [2.75, 3.05) is 12.9 Å². The summed E-state index contributed by atoms with van der Waals surface area (Å²) in [5.74, 6) is 2.66. The van der Waals surface area contributed by atoms with Gasteiger partial charge in [0.05, 0.1) is 35.2 Å². The Hall–Kier alpha value is -1.80. The van der Waals surface area contributed by atoms with Gasteiger partial charge in [-0.2, -0.15) is 0 Å². The maximum absolute atomic E-state index is 5.88. The first kappa shape index (κ1) is 16.7. The zero-order chi connectivity index (χ0) is 17.6. The van der Waals surface area contributed by atoms with Crippen molar-refractivity contribution in [1.82, 2.24) is 18.7 Å². The highest BCUT2D eigenvalue weighted by Crippen LogP contribution is 2.35. The molecule has 2 aromatic heterocycles. The van der Waals surface area contributed by atoms with Crippen molar-refractivity contribution in [3.8, 4) is 28.7 Å². The molecular weight excluding hydrogens is 402 g/mol. The first-order valence-electron chi connectivity index (χ1n) is 8.12. The van der Waals surface area contributed by atoms with Crippen LogP contribution in [0.4, 0.5) is 0 Å². The van der Waals surface area contributed by atoms with Crippen molar-refractivity contribution in [2.45, 2.75) is 26.4 Å². The molecule has 4 rings (SSSR count). The van der Waals surface area contributed by atoms with E-state index in [2.05, 4.69) is 50.2 Å². The molecule has 0 aliphatic carbocycles. The highest BCUT2D eigenvalue weighted by atomic mass is 79.9. The number of imidazole rings is 1. The number of hydrogen-bond donors (Lipinski definition) is 0. The molecule has 25 heavy (non-hydrogen) atoms. The lowest BCUT2D eigenvalue weighted by molar-refractivity contribution is -0.706. The van der Waals surface area contributed by atoms with Crippen LogP contribution in [-0.4, -0.2) is 31.6 Å². The molecular formula is C17H19BrN5OS+. The molecule has 0 fully saturated rings. The molecule has 0 saturated carbocycles. The van der Waals surface area contributed by atoms with Crippen LogP contribution in [0.1, 0.15) is 19.9 Å². The van der Waals surface area contributed by atoms with Gasteiger partial charge in [-0.3, -0.25) is 0 Å². The maximum Gasteiger partial charge on any atom is 0.330 e.